The van der Waals surface area contributed by atoms with Crippen molar-refractivity contribution in [1.82, 2.24) is 0 Å². The number of hydrogen-bond donors (Lipinski definition) is 1. The van der Waals surface area contributed by atoms with Gasteiger partial charge in [-0.25, -0.2) is 0 Å². The second-order valence-corrected chi connectivity index (χ2v) is 6.91. The molecule has 3 unspecified atom stereocenters. The molecule has 1 aliphatic carbocycles. The van der Waals surface area contributed by atoms with Crippen LogP contribution in [0, 0.1) is 17.3 Å². The largest absolute Gasteiger partial charge is 0.390 e. The van der Waals surface area contributed by atoms with E-state index in [9.17, 15) is 5.11 Å². The first-order chi connectivity index (χ1) is 7.29. The highest BCUT2D eigenvalue weighted by Gasteiger charge is 2.37. The maximum Gasteiger partial charge on any atom is 0.0673 e. The molecule has 0 aromatic heterocycles. The van der Waals surface area contributed by atoms with Crippen molar-refractivity contribution in [3.05, 3.63) is 0 Å². The quantitative estimate of drug-likeness (QED) is 0.692. The SMILES string of the molecule is CCC(C)C1(O)CCCC(C(C)(C)C)CC1. The molecule has 0 spiro atoms. The minimum atomic E-state index is -0.380. The van der Waals surface area contributed by atoms with Crippen LogP contribution in [0.25, 0.3) is 0 Å². The Hall–Kier alpha value is -0.0400. The third-order valence-corrected chi connectivity index (χ3v) is 4.84. The molecule has 0 saturated heterocycles. The fourth-order valence-electron chi connectivity index (χ4n) is 3.09. The molecule has 0 heterocycles. The lowest BCUT2D eigenvalue weighted by Crippen LogP contribution is -2.35. The van der Waals surface area contributed by atoms with E-state index in [4.69, 9.17) is 0 Å². The van der Waals surface area contributed by atoms with Crippen molar-refractivity contribution in [3.63, 3.8) is 0 Å². The molecule has 1 rings (SSSR count). The van der Waals surface area contributed by atoms with Gasteiger partial charge in [0.1, 0.15) is 0 Å². The average Bonchev–Trinajstić information content (AvgIpc) is 2.39. The second-order valence-electron chi connectivity index (χ2n) is 6.91. The molecule has 0 radical (unpaired) electrons. The monoisotopic (exact) mass is 226 g/mol. The van der Waals surface area contributed by atoms with E-state index in [0.29, 0.717) is 11.3 Å². The van der Waals surface area contributed by atoms with Crippen LogP contribution in [0.5, 0.6) is 0 Å². The van der Waals surface area contributed by atoms with Crippen LogP contribution in [-0.2, 0) is 0 Å². The van der Waals surface area contributed by atoms with E-state index < -0.39 is 0 Å². The van der Waals surface area contributed by atoms with E-state index in [0.717, 1.165) is 25.2 Å². The lowest BCUT2D eigenvalue weighted by atomic mass is 9.75. The van der Waals surface area contributed by atoms with Gasteiger partial charge in [-0.2, -0.15) is 0 Å². The van der Waals surface area contributed by atoms with Crippen LogP contribution in [0.4, 0.5) is 0 Å². The molecule has 1 saturated carbocycles. The summed E-state index contributed by atoms with van der Waals surface area (Å²) in [5.74, 6) is 1.23. The lowest BCUT2D eigenvalue weighted by Gasteiger charge is -2.34. The molecule has 0 aromatic carbocycles. The Bertz CT molecular complexity index is 216. The fourth-order valence-corrected chi connectivity index (χ4v) is 3.09. The Morgan fingerprint density at radius 2 is 1.88 bits per heavy atom. The standard InChI is InChI=1S/C15H30O/c1-6-12(2)15(16)10-7-8-13(9-11-15)14(3,4)5/h12-13,16H,6-11H2,1-5H3. The number of rotatable bonds is 2. The number of aliphatic hydroxyl groups is 1. The highest BCUT2D eigenvalue weighted by Crippen LogP contribution is 2.42. The minimum absolute atomic E-state index is 0.380. The Kier molecular flexibility index (Phi) is 4.45. The van der Waals surface area contributed by atoms with Gasteiger partial charge < -0.3 is 5.11 Å². The van der Waals surface area contributed by atoms with E-state index in [1.165, 1.54) is 19.3 Å². The Morgan fingerprint density at radius 1 is 1.25 bits per heavy atom. The highest BCUT2D eigenvalue weighted by atomic mass is 16.3. The second kappa shape index (κ2) is 5.08. The molecule has 96 valence electrons. The first kappa shape index (κ1) is 14.0. The van der Waals surface area contributed by atoms with Crippen LogP contribution in [0.3, 0.4) is 0 Å². The van der Waals surface area contributed by atoms with Gasteiger partial charge in [0.05, 0.1) is 5.60 Å². The molecule has 0 aromatic rings. The summed E-state index contributed by atoms with van der Waals surface area (Å²) >= 11 is 0. The molecular formula is C15H30O. The predicted molar refractivity (Wildman–Crippen MR) is 70.4 cm³/mol. The fraction of sp³-hybridized carbons (Fsp3) is 1.00. The van der Waals surface area contributed by atoms with E-state index in [1.54, 1.807) is 0 Å². The molecule has 0 aliphatic heterocycles. The number of hydrogen-bond acceptors (Lipinski definition) is 1. The summed E-state index contributed by atoms with van der Waals surface area (Å²) in [5.41, 5.74) is 0.0233. The van der Waals surface area contributed by atoms with Gasteiger partial charge in [-0.15, -0.1) is 0 Å². The summed E-state index contributed by atoms with van der Waals surface area (Å²) in [7, 11) is 0. The van der Waals surface area contributed by atoms with Crippen LogP contribution in [0.15, 0.2) is 0 Å². The van der Waals surface area contributed by atoms with Crippen LogP contribution in [0.2, 0.25) is 0 Å². The summed E-state index contributed by atoms with van der Waals surface area (Å²) in [6.45, 7) is 11.4. The maximum atomic E-state index is 10.7. The normalized spacial score (nSPS) is 34.5. The highest BCUT2D eigenvalue weighted by molar-refractivity contribution is 4.89. The summed E-state index contributed by atoms with van der Waals surface area (Å²) in [4.78, 5) is 0. The summed E-state index contributed by atoms with van der Waals surface area (Å²) in [6.07, 6.45) is 6.80. The van der Waals surface area contributed by atoms with Gasteiger partial charge in [0.15, 0.2) is 0 Å². The molecule has 1 heteroatoms. The zero-order valence-corrected chi connectivity index (χ0v) is 11.8. The molecule has 1 N–H and O–H groups in total. The zero-order chi connectivity index (χ0) is 12.4. The van der Waals surface area contributed by atoms with Crippen LogP contribution in [-0.4, -0.2) is 10.7 Å². The molecule has 0 bridgehead atoms. The molecular weight excluding hydrogens is 196 g/mol. The third-order valence-electron chi connectivity index (χ3n) is 4.84. The van der Waals surface area contributed by atoms with Gasteiger partial charge in [0.2, 0.25) is 0 Å². The molecule has 3 atom stereocenters. The van der Waals surface area contributed by atoms with Crippen molar-refractivity contribution in [1.29, 1.82) is 0 Å². The first-order valence-electron chi connectivity index (χ1n) is 7.02. The summed E-state index contributed by atoms with van der Waals surface area (Å²) in [6, 6.07) is 0. The van der Waals surface area contributed by atoms with Crippen molar-refractivity contribution < 1.29 is 5.11 Å². The van der Waals surface area contributed by atoms with Gasteiger partial charge in [-0.3, -0.25) is 0 Å². The third kappa shape index (κ3) is 3.23. The minimum Gasteiger partial charge on any atom is -0.390 e. The Morgan fingerprint density at radius 3 is 2.38 bits per heavy atom. The van der Waals surface area contributed by atoms with E-state index in [2.05, 4.69) is 34.6 Å². The van der Waals surface area contributed by atoms with Gasteiger partial charge in [-0.05, 0) is 42.9 Å². The molecule has 1 fully saturated rings. The van der Waals surface area contributed by atoms with Crippen LogP contribution in [0.1, 0.15) is 73.1 Å². The van der Waals surface area contributed by atoms with E-state index in [1.807, 2.05) is 0 Å². The summed E-state index contributed by atoms with van der Waals surface area (Å²) < 4.78 is 0. The van der Waals surface area contributed by atoms with Gasteiger partial charge in [0.25, 0.3) is 0 Å². The van der Waals surface area contributed by atoms with Gasteiger partial charge >= 0.3 is 0 Å². The van der Waals surface area contributed by atoms with Crippen molar-refractivity contribution in [2.45, 2.75) is 78.7 Å². The summed E-state index contributed by atoms with van der Waals surface area (Å²) in [5, 5.41) is 10.7. The molecule has 16 heavy (non-hydrogen) atoms. The first-order valence-corrected chi connectivity index (χ1v) is 7.02. The van der Waals surface area contributed by atoms with Gasteiger partial charge in [0, 0.05) is 0 Å². The van der Waals surface area contributed by atoms with Gasteiger partial charge in [-0.1, -0.05) is 47.5 Å². The van der Waals surface area contributed by atoms with E-state index >= 15 is 0 Å². The van der Waals surface area contributed by atoms with Crippen molar-refractivity contribution >= 4 is 0 Å². The van der Waals surface area contributed by atoms with Crippen LogP contribution >= 0.6 is 0 Å². The predicted octanol–water partition coefficient (Wildman–Crippen LogP) is 4.39. The smallest absolute Gasteiger partial charge is 0.0673 e. The maximum absolute atomic E-state index is 10.7. The Labute approximate surface area is 102 Å². The topological polar surface area (TPSA) is 20.2 Å². The van der Waals surface area contributed by atoms with Crippen LogP contribution < -0.4 is 0 Å². The average molecular weight is 226 g/mol. The van der Waals surface area contributed by atoms with Crippen molar-refractivity contribution in [2.24, 2.45) is 17.3 Å². The Balaban J connectivity index is 2.65. The van der Waals surface area contributed by atoms with E-state index in [-0.39, 0.29) is 5.60 Å². The van der Waals surface area contributed by atoms with Crippen molar-refractivity contribution in [3.8, 4) is 0 Å². The molecule has 1 aliphatic rings. The molecule has 0 amide bonds. The zero-order valence-electron chi connectivity index (χ0n) is 11.8. The molecule has 1 nitrogen and oxygen atoms in total. The lowest BCUT2D eigenvalue weighted by molar-refractivity contribution is -0.0286. The van der Waals surface area contributed by atoms with Crippen molar-refractivity contribution in [2.75, 3.05) is 0 Å².